The number of hydrogen-bond acceptors (Lipinski definition) is 3. The van der Waals surface area contributed by atoms with E-state index < -0.39 is 11.6 Å². The van der Waals surface area contributed by atoms with Crippen molar-refractivity contribution in [2.75, 3.05) is 0 Å². The van der Waals surface area contributed by atoms with Gasteiger partial charge in [-0.3, -0.25) is 14.5 Å². The number of carbonyl (C=O) groups excluding carboxylic acids is 1. The van der Waals surface area contributed by atoms with Crippen molar-refractivity contribution in [2.24, 2.45) is 7.05 Å². The molecule has 5 nitrogen and oxygen atoms in total. The highest BCUT2D eigenvalue weighted by molar-refractivity contribution is 9.10. The molecule has 5 rings (SSSR count). The summed E-state index contributed by atoms with van der Waals surface area (Å²) in [6.45, 7) is 4.09. The maximum Gasteiger partial charge on any atom is 0.254 e. The van der Waals surface area contributed by atoms with Crippen molar-refractivity contribution in [3.05, 3.63) is 81.6 Å². The van der Waals surface area contributed by atoms with Crippen LogP contribution in [0.1, 0.15) is 54.3 Å². The lowest BCUT2D eigenvalue weighted by molar-refractivity contribution is 0.0513. The lowest BCUT2D eigenvalue weighted by Gasteiger charge is -2.41. The van der Waals surface area contributed by atoms with E-state index in [2.05, 4.69) is 27.8 Å². The molecule has 0 saturated heterocycles. The number of rotatable bonds is 4. The molecule has 4 aromatic rings. The van der Waals surface area contributed by atoms with E-state index in [0.717, 1.165) is 39.1 Å². The van der Waals surface area contributed by atoms with E-state index in [4.69, 9.17) is 5.10 Å². The number of aromatic nitrogens is 3. The molecular weight excluding hydrogens is 514 g/mol. The third-order valence-electron chi connectivity index (χ3n) is 6.82. The van der Waals surface area contributed by atoms with Crippen molar-refractivity contribution in [1.29, 1.82) is 0 Å². The monoisotopic (exact) mass is 538 g/mol. The fourth-order valence-corrected chi connectivity index (χ4v) is 5.70. The van der Waals surface area contributed by atoms with Gasteiger partial charge in [0.15, 0.2) is 0 Å². The summed E-state index contributed by atoms with van der Waals surface area (Å²) in [5, 5.41) is 5.64. The maximum absolute atomic E-state index is 14.0. The average Bonchev–Trinajstić information content (AvgIpc) is 3.17. The fourth-order valence-electron chi connectivity index (χ4n) is 5.26. The Labute approximate surface area is 210 Å². The van der Waals surface area contributed by atoms with Crippen molar-refractivity contribution < 1.29 is 13.6 Å². The fraction of sp³-hybridized carbons (Fsp3) is 0.296. The lowest BCUT2D eigenvalue weighted by atomic mass is 9.87. The molecule has 0 aliphatic carbocycles. The number of amides is 1. The van der Waals surface area contributed by atoms with Gasteiger partial charge in [-0.2, -0.15) is 5.10 Å². The van der Waals surface area contributed by atoms with Crippen molar-refractivity contribution in [3.63, 3.8) is 0 Å². The first-order chi connectivity index (χ1) is 16.8. The van der Waals surface area contributed by atoms with Crippen LogP contribution in [-0.2, 0) is 13.5 Å². The summed E-state index contributed by atoms with van der Waals surface area (Å²) in [5.41, 5.74) is 4.29. The number of fused-ring (bicyclic) bond motifs is 2. The van der Waals surface area contributed by atoms with Gasteiger partial charge in [0.05, 0.1) is 22.9 Å². The molecule has 35 heavy (non-hydrogen) atoms. The number of hydrogen-bond donors (Lipinski definition) is 0. The topological polar surface area (TPSA) is 51.0 Å². The minimum absolute atomic E-state index is 0.0593. The van der Waals surface area contributed by atoms with Gasteiger partial charge in [-0.1, -0.05) is 29.8 Å². The van der Waals surface area contributed by atoms with Gasteiger partial charge in [-0.25, -0.2) is 8.78 Å². The molecule has 1 amide bonds. The van der Waals surface area contributed by atoms with Crippen LogP contribution < -0.4 is 0 Å². The van der Waals surface area contributed by atoms with Gasteiger partial charge in [-0.15, -0.1) is 0 Å². The number of aryl methyl sites for hydroxylation is 1. The molecule has 2 aromatic carbocycles. The summed E-state index contributed by atoms with van der Waals surface area (Å²) in [4.78, 5) is 20.2. The highest BCUT2D eigenvalue weighted by Gasteiger charge is 2.40. The Morgan fingerprint density at radius 2 is 1.83 bits per heavy atom. The molecule has 2 atom stereocenters. The summed E-state index contributed by atoms with van der Waals surface area (Å²) >= 11 is 3.56. The van der Waals surface area contributed by atoms with Crippen LogP contribution >= 0.6 is 15.9 Å². The van der Waals surface area contributed by atoms with Crippen LogP contribution in [0.15, 0.2) is 53.1 Å². The second-order valence-electron chi connectivity index (χ2n) is 8.92. The largest absolute Gasteiger partial charge is 0.327 e. The number of benzene rings is 2. The van der Waals surface area contributed by atoms with E-state index >= 15 is 0 Å². The number of nitrogens with zero attached hydrogens (tertiary/aromatic N) is 4. The molecule has 1 aliphatic heterocycles. The van der Waals surface area contributed by atoms with Crippen LogP contribution in [0.2, 0.25) is 0 Å². The van der Waals surface area contributed by atoms with Gasteiger partial charge in [0.1, 0.15) is 11.6 Å². The molecule has 0 N–H and O–H groups in total. The van der Waals surface area contributed by atoms with Gasteiger partial charge in [-0.05, 0) is 55.7 Å². The summed E-state index contributed by atoms with van der Waals surface area (Å²) in [6, 6.07) is 10.6. The van der Waals surface area contributed by atoms with E-state index in [-0.39, 0.29) is 18.0 Å². The lowest BCUT2D eigenvalue weighted by Crippen LogP contribution is -2.47. The zero-order chi connectivity index (χ0) is 24.9. The Morgan fingerprint density at radius 1 is 1.09 bits per heavy atom. The molecule has 1 aliphatic rings. The Balaban J connectivity index is 1.60. The molecule has 180 valence electrons. The van der Waals surface area contributed by atoms with Gasteiger partial charge >= 0.3 is 0 Å². The second-order valence-corrected chi connectivity index (χ2v) is 9.78. The highest BCUT2D eigenvalue weighted by atomic mass is 79.9. The van der Waals surface area contributed by atoms with Crippen LogP contribution in [0.25, 0.3) is 22.2 Å². The summed E-state index contributed by atoms with van der Waals surface area (Å²) in [6.07, 6.45) is 3.70. The van der Waals surface area contributed by atoms with Crippen molar-refractivity contribution in [3.8, 4) is 11.3 Å². The van der Waals surface area contributed by atoms with Gasteiger partial charge in [0.2, 0.25) is 0 Å². The van der Waals surface area contributed by atoms with Gasteiger partial charge < -0.3 is 4.90 Å². The first kappa shape index (κ1) is 23.6. The minimum atomic E-state index is -0.626. The van der Waals surface area contributed by atoms with Crippen molar-refractivity contribution >= 4 is 32.7 Å². The standard InChI is InChI=1S/C27H25BrF2N4O/c1-4-19-14-21-25(32-33(3)26(21)16-10-17(29)13-18(30)11-16)24(5-2)34(19)27(35)15-6-7-23-20(12-15)22(28)8-9-31-23/h6-13,19,24H,4-5,14H2,1-3H3. The average molecular weight is 539 g/mol. The zero-order valence-corrected chi connectivity index (χ0v) is 21.3. The van der Waals surface area contributed by atoms with Crippen molar-refractivity contribution in [1.82, 2.24) is 19.7 Å². The smallest absolute Gasteiger partial charge is 0.254 e. The molecular formula is C27H25BrF2N4O. The van der Waals surface area contributed by atoms with E-state index in [9.17, 15) is 13.6 Å². The van der Waals surface area contributed by atoms with E-state index in [0.29, 0.717) is 29.7 Å². The minimum Gasteiger partial charge on any atom is -0.327 e. The molecule has 3 heterocycles. The molecule has 2 aromatic heterocycles. The quantitative estimate of drug-likeness (QED) is 0.294. The molecule has 0 spiro atoms. The van der Waals surface area contributed by atoms with Gasteiger partial charge in [0.25, 0.3) is 5.91 Å². The first-order valence-electron chi connectivity index (χ1n) is 11.7. The second kappa shape index (κ2) is 9.15. The Morgan fingerprint density at radius 3 is 2.51 bits per heavy atom. The predicted molar refractivity (Wildman–Crippen MR) is 135 cm³/mol. The van der Waals surface area contributed by atoms with Crippen LogP contribution in [-0.4, -0.2) is 31.6 Å². The van der Waals surface area contributed by atoms with Gasteiger partial charge in [0, 0.05) is 51.9 Å². The Bertz CT molecular complexity index is 1430. The Hall–Kier alpha value is -3.13. The van der Waals surface area contributed by atoms with Crippen LogP contribution in [0.4, 0.5) is 8.78 Å². The summed E-state index contributed by atoms with van der Waals surface area (Å²) in [5.74, 6) is -1.31. The SMILES string of the molecule is CCC1Cc2c(nn(C)c2-c2cc(F)cc(F)c2)C(CC)N1C(=O)c1ccc2nccc(Br)c2c1. The first-order valence-corrected chi connectivity index (χ1v) is 12.5. The normalized spacial score (nSPS) is 17.6. The third kappa shape index (κ3) is 4.03. The molecule has 0 saturated carbocycles. The molecule has 8 heteroatoms. The summed E-state index contributed by atoms with van der Waals surface area (Å²) in [7, 11) is 1.78. The third-order valence-corrected chi connectivity index (χ3v) is 7.52. The molecule has 0 bridgehead atoms. The molecule has 2 unspecified atom stereocenters. The van der Waals surface area contributed by atoms with Crippen LogP contribution in [0.3, 0.4) is 0 Å². The predicted octanol–water partition coefficient (Wildman–Crippen LogP) is 6.60. The molecule has 0 radical (unpaired) electrons. The van der Waals surface area contributed by atoms with E-state index in [1.807, 2.05) is 36.1 Å². The summed E-state index contributed by atoms with van der Waals surface area (Å²) < 4.78 is 30.6. The van der Waals surface area contributed by atoms with Crippen LogP contribution in [0.5, 0.6) is 0 Å². The number of carbonyl (C=O) groups is 1. The van der Waals surface area contributed by atoms with Crippen LogP contribution in [0, 0.1) is 11.6 Å². The zero-order valence-electron chi connectivity index (χ0n) is 19.7. The van der Waals surface area contributed by atoms with E-state index in [1.165, 1.54) is 12.1 Å². The van der Waals surface area contributed by atoms with E-state index in [1.54, 1.807) is 17.9 Å². The number of pyridine rings is 1. The Kier molecular flexibility index (Phi) is 6.17. The number of halogens is 3. The maximum atomic E-state index is 14.0. The van der Waals surface area contributed by atoms with Crippen molar-refractivity contribution in [2.45, 2.75) is 45.2 Å². The highest BCUT2D eigenvalue weighted by Crippen LogP contribution is 2.41. The molecule has 0 fully saturated rings.